The predicted octanol–water partition coefficient (Wildman–Crippen LogP) is 5.32. The van der Waals surface area contributed by atoms with Crippen LogP contribution in [-0.2, 0) is 20.9 Å². The number of ether oxygens (including phenoxy) is 1. The molecule has 0 aliphatic rings. The molecule has 3 rings (SSSR count). The Kier molecular flexibility index (Phi) is 9.61. The van der Waals surface area contributed by atoms with E-state index >= 15 is 0 Å². The number of nitrogen functional groups attached to an aromatic ring is 1. The highest BCUT2D eigenvalue weighted by atomic mass is 16.5. The van der Waals surface area contributed by atoms with Gasteiger partial charge in [0.1, 0.15) is 5.84 Å². The fraction of sp³-hybridized carbons (Fsp3) is 0.233. The van der Waals surface area contributed by atoms with E-state index in [-0.39, 0.29) is 18.3 Å². The van der Waals surface area contributed by atoms with Crippen LogP contribution in [-0.4, -0.2) is 30.9 Å². The van der Waals surface area contributed by atoms with Crippen molar-refractivity contribution in [2.45, 2.75) is 33.2 Å². The zero-order valence-electron chi connectivity index (χ0n) is 21.5. The van der Waals surface area contributed by atoms with Gasteiger partial charge in [-0.3, -0.25) is 10.2 Å². The molecule has 1 amide bonds. The van der Waals surface area contributed by atoms with Crippen molar-refractivity contribution in [2.24, 2.45) is 5.73 Å². The number of rotatable bonds is 11. The van der Waals surface area contributed by atoms with E-state index in [9.17, 15) is 9.59 Å². The highest BCUT2D eigenvalue weighted by Crippen LogP contribution is 2.22. The largest absolute Gasteiger partial charge is 0.463 e. The Labute approximate surface area is 218 Å². The molecule has 7 nitrogen and oxygen atoms in total. The first-order valence-corrected chi connectivity index (χ1v) is 12.3. The van der Waals surface area contributed by atoms with Crippen LogP contribution in [0.25, 0.3) is 6.08 Å². The Morgan fingerprint density at radius 2 is 1.78 bits per heavy atom. The lowest BCUT2D eigenvalue weighted by atomic mass is 10.0. The summed E-state index contributed by atoms with van der Waals surface area (Å²) in [5, 5.41) is 10.8. The van der Waals surface area contributed by atoms with Crippen LogP contribution in [0, 0.1) is 5.41 Å². The molecule has 0 heterocycles. The van der Waals surface area contributed by atoms with Gasteiger partial charge in [0.25, 0.3) is 0 Å². The molecule has 4 N–H and O–H groups in total. The highest BCUT2D eigenvalue weighted by Gasteiger charge is 2.15. The number of amidine groups is 1. The van der Waals surface area contributed by atoms with Gasteiger partial charge in [-0.15, -0.1) is 0 Å². The molecular formula is C30H34N4O3. The Balaban J connectivity index is 1.87. The maximum Gasteiger partial charge on any atom is 0.330 e. The standard InChI is InChI=1S/C30H34N4O3/c1-4-37-29(36)17-14-23-8-5-6-9-25(23)19-34(27-11-7-10-24(18-27)30(31)32)20-28(35)33-26-15-12-22(13-16-26)21(2)3/h5-18,21H,4,19-20H2,1-3H3,(H3,31,32)(H,33,35). The maximum atomic E-state index is 13.1. The Morgan fingerprint density at radius 3 is 2.46 bits per heavy atom. The quantitative estimate of drug-likeness (QED) is 0.144. The first-order chi connectivity index (χ1) is 17.8. The number of esters is 1. The topological polar surface area (TPSA) is 109 Å². The molecule has 37 heavy (non-hydrogen) atoms. The van der Waals surface area contributed by atoms with Crippen molar-refractivity contribution in [3.05, 3.63) is 101 Å². The molecule has 0 saturated heterocycles. The summed E-state index contributed by atoms with van der Waals surface area (Å²) in [6, 6.07) is 22.8. The zero-order chi connectivity index (χ0) is 26.8. The smallest absolute Gasteiger partial charge is 0.330 e. The van der Waals surface area contributed by atoms with E-state index in [1.165, 1.54) is 11.6 Å². The number of amides is 1. The third-order valence-corrected chi connectivity index (χ3v) is 5.82. The van der Waals surface area contributed by atoms with Crippen molar-refractivity contribution < 1.29 is 14.3 Å². The summed E-state index contributed by atoms with van der Waals surface area (Å²) in [5.41, 5.74) is 10.7. The predicted molar refractivity (Wildman–Crippen MR) is 150 cm³/mol. The number of carbonyl (C=O) groups is 2. The van der Waals surface area contributed by atoms with Crippen molar-refractivity contribution in [3.8, 4) is 0 Å². The van der Waals surface area contributed by atoms with E-state index < -0.39 is 5.97 Å². The number of anilines is 2. The molecular weight excluding hydrogens is 464 g/mol. The van der Waals surface area contributed by atoms with Gasteiger partial charge < -0.3 is 20.7 Å². The number of nitrogens with one attached hydrogen (secondary N) is 2. The number of carbonyl (C=O) groups excluding carboxylic acids is 2. The lowest BCUT2D eigenvalue weighted by Gasteiger charge is -2.26. The van der Waals surface area contributed by atoms with E-state index in [4.69, 9.17) is 15.9 Å². The molecule has 0 fully saturated rings. The molecule has 7 heteroatoms. The van der Waals surface area contributed by atoms with E-state index in [2.05, 4.69) is 19.2 Å². The van der Waals surface area contributed by atoms with Crippen LogP contribution in [0.3, 0.4) is 0 Å². The van der Waals surface area contributed by atoms with Crippen LogP contribution >= 0.6 is 0 Å². The molecule has 0 spiro atoms. The summed E-state index contributed by atoms with van der Waals surface area (Å²) >= 11 is 0. The third-order valence-electron chi connectivity index (χ3n) is 5.82. The lowest BCUT2D eigenvalue weighted by molar-refractivity contribution is -0.137. The second-order valence-corrected chi connectivity index (χ2v) is 8.93. The molecule has 3 aromatic rings. The summed E-state index contributed by atoms with van der Waals surface area (Å²) in [6.45, 7) is 6.78. The third kappa shape index (κ3) is 8.07. The molecule has 0 bridgehead atoms. The van der Waals surface area contributed by atoms with Gasteiger partial charge in [-0.05, 0) is 59.9 Å². The minimum atomic E-state index is -0.411. The van der Waals surface area contributed by atoms with Gasteiger partial charge in [0.2, 0.25) is 5.91 Å². The monoisotopic (exact) mass is 498 g/mol. The summed E-state index contributed by atoms with van der Waals surface area (Å²) < 4.78 is 5.00. The van der Waals surface area contributed by atoms with Crippen molar-refractivity contribution in [3.63, 3.8) is 0 Å². The number of hydrogen-bond donors (Lipinski definition) is 3. The van der Waals surface area contributed by atoms with Crippen molar-refractivity contribution >= 4 is 35.2 Å². The van der Waals surface area contributed by atoms with Gasteiger partial charge >= 0.3 is 5.97 Å². The van der Waals surface area contributed by atoms with Gasteiger partial charge in [-0.25, -0.2) is 4.79 Å². The molecule has 0 atom stereocenters. The molecule has 192 valence electrons. The normalized spacial score (nSPS) is 10.9. The van der Waals surface area contributed by atoms with Gasteiger partial charge in [0, 0.05) is 29.6 Å². The number of benzene rings is 3. The van der Waals surface area contributed by atoms with Crippen LogP contribution in [0.1, 0.15) is 48.9 Å². The lowest BCUT2D eigenvalue weighted by Crippen LogP contribution is -2.33. The SMILES string of the molecule is CCOC(=O)C=Cc1ccccc1CN(CC(=O)Nc1ccc(C(C)C)cc1)c1cccc(C(=N)N)c1. The van der Waals surface area contributed by atoms with Crippen LogP contribution in [0.4, 0.5) is 11.4 Å². The Hall–Kier alpha value is -4.39. The second-order valence-electron chi connectivity index (χ2n) is 8.93. The van der Waals surface area contributed by atoms with Crippen molar-refractivity contribution in [2.75, 3.05) is 23.4 Å². The first kappa shape index (κ1) is 27.2. The van der Waals surface area contributed by atoms with Gasteiger partial charge in [0.15, 0.2) is 0 Å². The molecule has 0 aliphatic carbocycles. The molecule has 0 saturated carbocycles. The molecule has 0 unspecified atom stereocenters. The van der Waals surface area contributed by atoms with Crippen LogP contribution in [0.2, 0.25) is 0 Å². The highest BCUT2D eigenvalue weighted by molar-refractivity contribution is 5.97. The first-order valence-electron chi connectivity index (χ1n) is 12.3. The van der Waals surface area contributed by atoms with Gasteiger partial charge in [-0.2, -0.15) is 0 Å². The van der Waals surface area contributed by atoms with Crippen molar-refractivity contribution in [1.82, 2.24) is 0 Å². The average Bonchev–Trinajstić information content (AvgIpc) is 2.88. The summed E-state index contributed by atoms with van der Waals surface area (Å²) in [7, 11) is 0. The number of nitrogens with zero attached hydrogens (tertiary/aromatic N) is 1. The van der Waals surface area contributed by atoms with E-state index in [1.54, 1.807) is 25.1 Å². The molecule has 3 aromatic carbocycles. The van der Waals surface area contributed by atoms with Gasteiger partial charge in [0.05, 0.1) is 13.2 Å². The second kappa shape index (κ2) is 13.1. The van der Waals surface area contributed by atoms with E-state index in [0.29, 0.717) is 24.6 Å². The fourth-order valence-corrected chi connectivity index (χ4v) is 3.83. The molecule has 0 aromatic heterocycles. The summed E-state index contributed by atoms with van der Waals surface area (Å²) in [5.74, 6) is -0.225. The van der Waals surface area contributed by atoms with Crippen LogP contribution in [0.15, 0.2) is 78.9 Å². The summed E-state index contributed by atoms with van der Waals surface area (Å²) in [6.07, 6.45) is 3.12. The van der Waals surface area contributed by atoms with Crippen LogP contribution in [0.5, 0.6) is 0 Å². The zero-order valence-corrected chi connectivity index (χ0v) is 21.5. The minimum Gasteiger partial charge on any atom is -0.463 e. The van der Waals surface area contributed by atoms with E-state index in [0.717, 1.165) is 22.5 Å². The van der Waals surface area contributed by atoms with Gasteiger partial charge in [-0.1, -0.05) is 62.4 Å². The molecule has 0 aliphatic heterocycles. The Bertz CT molecular complexity index is 1270. The van der Waals surface area contributed by atoms with E-state index in [1.807, 2.05) is 65.6 Å². The fourth-order valence-electron chi connectivity index (χ4n) is 3.83. The Morgan fingerprint density at radius 1 is 1.05 bits per heavy atom. The number of nitrogens with two attached hydrogens (primary N) is 1. The number of hydrogen-bond acceptors (Lipinski definition) is 5. The van der Waals surface area contributed by atoms with Crippen LogP contribution < -0.4 is 16.0 Å². The summed E-state index contributed by atoms with van der Waals surface area (Å²) in [4.78, 5) is 26.9. The maximum absolute atomic E-state index is 13.1. The average molecular weight is 499 g/mol. The molecule has 0 radical (unpaired) electrons. The minimum absolute atomic E-state index is 0.0470. The van der Waals surface area contributed by atoms with Crippen molar-refractivity contribution in [1.29, 1.82) is 5.41 Å².